The van der Waals surface area contributed by atoms with Crippen molar-refractivity contribution in [2.75, 3.05) is 19.6 Å². The van der Waals surface area contributed by atoms with Gasteiger partial charge in [-0.05, 0) is 56.8 Å². The van der Waals surface area contributed by atoms with Crippen LogP contribution in [0.3, 0.4) is 0 Å². The summed E-state index contributed by atoms with van der Waals surface area (Å²) in [6, 6.07) is 7.76. The second-order valence-corrected chi connectivity index (χ2v) is 6.77. The molecule has 0 saturated carbocycles. The number of hydrogen-bond acceptors (Lipinski definition) is 3. The molecule has 2 unspecified atom stereocenters. The van der Waals surface area contributed by atoms with E-state index in [1.807, 2.05) is 12.1 Å². The zero-order valence-electron chi connectivity index (χ0n) is 12.8. The molecule has 4 rings (SSSR count). The highest BCUT2D eigenvalue weighted by atomic mass is 16.2. The number of fused-ring (bicyclic) bond motifs is 2. The van der Waals surface area contributed by atoms with Crippen molar-refractivity contribution in [3.05, 3.63) is 35.4 Å². The molecule has 0 N–H and O–H groups in total. The Morgan fingerprint density at radius 3 is 2.32 bits per heavy atom. The van der Waals surface area contributed by atoms with E-state index in [1.54, 1.807) is 12.1 Å². The first-order valence-corrected chi connectivity index (χ1v) is 8.45. The Morgan fingerprint density at radius 1 is 0.909 bits per heavy atom. The Kier molecular flexibility index (Phi) is 3.49. The van der Waals surface area contributed by atoms with E-state index < -0.39 is 0 Å². The van der Waals surface area contributed by atoms with Crippen molar-refractivity contribution >= 4 is 11.8 Å². The van der Waals surface area contributed by atoms with Crippen molar-refractivity contribution in [1.82, 2.24) is 9.80 Å². The monoisotopic (exact) mass is 298 g/mol. The molecule has 4 heteroatoms. The molecule has 1 aromatic carbocycles. The van der Waals surface area contributed by atoms with E-state index in [2.05, 4.69) is 4.90 Å². The Balaban J connectivity index is 1.54. The van der Waals surface area contributed by atoms with Gasteiger partial charge in [0.25, 0.3) is 11.8 Å². The number of rotatable bonds is 2. The van der Waals surface area contributed by atoms with Gasteiger partial charge in [-0.1, -0.05) is 18.6 Å². The zero-order valence-corrected chi connectivity index (χ0v) is 12.8. The van der Waals surface area contributed by atoms with Gasteiger partial charge in [0.1, 0.15) is 0 Å². The average Bonchev–Trinajstić information content (AvgIpc) is 2.81. The summed E-state index contributed by atoms with van der Waals surface area (Å²) in [6.07, 6.45) is 6.10. The van der Waals surface area contributed by atoms with Crippen molar-refractivity contribution in [3.8, 4) is 0 Å². The van der Waals surface area contributed by atoms with Crippen molar-refractivity contribution in [2.45, 2.75) is 38.1 Å². The van der Waals surface area contributed by atoms with E-state index in [4.69, 9.17) is 0 Å². The van der Waals surface area contributed by atoms with Crippen molar-refractivity contribution < 1.29 is 9.59 Å². The van der Waals surface area contributed by atoms with E-state index in [9.17, 15) is 9.59 Å². The van der Waals surface area contributed by atoms with Crippen LogP contribution in [0, 0.1) is 5.92 Å². The number of nitrogens with zero attached hydrogens (tertiary/aromatic N) is 2. The highest BCUT2D eigenvalue weighted by molar-refractivity contribution is 6.21. The lowest BCUT2D eigenvalue weighted by atomic mass is 9.83. The molecule has 22 heavy (non-hydrogen) atoms. The SMILES string of the molecule is O=C1c2ccccc2C(=O)N1CC1CCCN2CCCCC12. The third-order valence-electron chi connectivity index (χ3n) is 5.52. The second-order valence-electron chi connectivity index (χ2n) is 6.77. The van der Waals surface area contributed by atoms with Crippen LogP contribution in [0.15, 0.2) is 24.3 Å². The van der Waals surface area contributed by atoms with Crippen LogP contribution in [-0.2, 0) is 0 Å². The molecule has 2 amide bonds. The van der Waals surface area contributed by atoms with E-state index in [0.29, 0.717) is 29.6 Å². The molecule has 2 saturated heterocycles. The Morgan fingerprint density at radius 2 is 1.59 bits per heavy atom. The fourth-order valence-corrected chi connectivity index (χ4v) is 4.43. The standard InChI is InChI=1S/C18H22N2O2/c21-17-14-7-1-2-8-15(14)18(22)20(17)12-13-6-5-11-19-10-4-3-9-16(13)19/h1-2,7-8,13,16H,3-6,9-12H2. The molecule has 3 aliphatic rings. The van der Waals surface area contributed by atoms with E-state index in [1.165, 1.54) is 43.7 Å². The van der Waals surface area contributed by atoms with Gasteiger partial charge in [0.05, 0.1) is 11.1 Å². The summed E-state index contributed by atoms with van der Waals surface area (Å²) in [7, 11) is 0. The summed E-state index contributed by atoms with van der Waals surface area (Å²) in [5.74, 6) is 0.235. The van der Waals surface area contributed by atoms with E-state index >= 15 is 0 Å². The molecule has 0 radical (unpaired) electrons. The summed E-state index contributed by atoms with van der Waals surface area (Å²) >= 11 is 0. The minimum Gasteiger partial charge on any atom is -0.300 e. The average molecular weight is 298 g/mol. The van der Waals surface area contributed by atoms with Crippen molar-refractivity contribution in [1.29, 1.82) is 0 Å². The first-order chi connectivity index (χ1) is 10.8. The number of amides is 2. The minimum absolute atomic E-state index is 0.103. The predicted octanol–water partition coefficient (Wildman–Crippen LogP) is 2.55. The van der Waals surface area contributed by atoms with Crippen molar-refractivity contribution in [2.24, 2.45) is 5.92 Å². The Bertz CT molecular complexity index is 576. The molecule has 116 valence electrons. The molecule has 0 bridgehead atoms. The van der Waals surface area contributed by atoms with E-state index in [0.717, 1.165) is 6.42 Å². The lowest BCUT2D eigenvalue weighted by molar-refractivity contribution is 0.0353. The maximum absolute atomic E-state index is 12.5. The molecule has 4 nitrogen and oxygen atoms in total. The van der Waals surface area contributed by atoms with Crippen LogP contribution in [0.25, 0.3) is 0 Å². The largest absolute Gasteiger partial charge is 0.300 e. The minimum atomic E-state index is -0.103. The van der Waals surface area contributed by atoms with Gasteiger partial charge in [-0.2, -0.15) is 0 Å². The molecular formula is C18H22N2O2. The molecule has 0 spiro atoms. The van der Waals surface area contributed by atoms with Crippen molar-refractivity contribution in [3.63, 3.8) is 0 Å². The second kappa shape index (κ2) is 5.51. The number of hydrogen-bond donors (Lipinski definition) is 0. The number of benzene rings is 1. The predicted molar refractivity (Wildman–Crippen MR) is 83.7 cm³/mol. The lowest BCUT2D eigenvalue weighted by Gasteiger charge is -2.45. The third kappa shape index (κ3) is 2.17. The van der Waals surface area contributed by atoms with Gasteiger partial charge in [-0.25, -0.2) is 0 Å². The smallest absolute Gasteiger partial charge is 0.261 e. The highest BCUT2D eigenvalue weighted by Crippen LogP contribution is 2.33. The zero-order chi connectivity index (χ0) is 15.1. The first-order valence-electron chi connectivity index (χ1n) is 8.45. The van der Waals surface area contributed by atoms with Gasteiger partial charge in [0, 0.05) is 12.6 Å². The number of imide groups is 1. The molecule has 0 aliphatic carbocycles. The maximum Gasteiger partial charge on any atom is 0.261 e. The Labute approximate surface area is 131 Å². The Hall–Kier alpha value is -1.68. The third-order valence-corrected chi connectivity index (χ3v) is 5.52. The van der Waals surface area contributed by atoms with Crippen LogP contribution in [0.5, 0.6) is 0 Å². The number of carbonyl (C=O) groups is 2. The van der Waals surface area contributed by atoms with Crippen LogP contribution < -0.4 is 0 Å². The van der Waals surface area contributed by atoms with Crippen LogP contribution >= 0.6 is 0 Å². The summed E-state index contributed by atoms with van der Waals surface area (Å²) in [5, 5.41) is 0. The summed E-state index contributed by atoms with van der Waals surface area (Å²) in [6.45, 7) is 2.96. The lowest BCUT2D eigenvalue weighted by Crippen LogP contribution is -2.51. The normalized spacial score (nSPS) is 28.6. The molecule has 1 aromatic rings. The summed E-state index contributed by atoms with van der Waals surface area (Å²) < 4.78 is 0. The van der Waals surface area contributed by atoms with Crippen LogP contribution in [0.4, 0.5) is 0 Å². The molecule has 3 heterocycles. The molecular weight excluding hydrogens is 276 g/mol. The summed E-state index contributed by atoms with van der Waals surface area (Å²) in [4.78, 5) is 29.1. The first kappa shape index (κ1) is 13.9. The van der Waals surface area contributed by atoms with Crippen LogP contribution in [-0.4, -0.2) is 47.3 Å². The molecule has 2 fully saturated rings. The quantitative estimate of drug-likeness (QED) is 0.788. The molecule has 2 atom stereocenters. The van der Waals surface area contributed by atoms with Crippen LogP contribution in [0.1, 0.15) is 52.8 Å². The van der Waals surface area contributed by atoms with Gasteiger partial charge in [0.15, 0.2) is 0 Å². The maximum atomic E-state index is 12.5. The molecule has 3 aliphatic heterocycles. The van der Waals surface area contributed by atoms with Gasteiger partial charge >= 0.3 is 0 Å². The molecule has 0 aromatic heterocycles. The fraction of sp³-hybridized carbons (Fsp3) is 0.556. The topological polar surface area (TPSA) is 40.6 Å². The van der Waals surface area contributed by atoms with E-state index in [-0.39, 0.29) is 11.8 Å². The van der Waals surface area contributed by atoms with Gasteiger partial charge in [-0.15, -0.1) is 0 Å². The highest BCUT2D eigenvalue weighted by Gasteiger charge is 2.40. The van der Waals surface area contributed by atoms with Gasteiger partial charge in [-0.3, -0.25) is 14.5 Å². The van der Waals surface area contributed by atoms with Gasteiger partial charge < -0.3 is 4.90 Å². The fourth-order valence-electron chi connectivity index (χ4n) is 4.43. The van der Waals surface area contributed by atoms with Crippen LogP contribution in [0.2, 0.25) is 0 Å². The number of carbonyl (C=O) groups excluding carboxylic acids is 2. The van der Waals surface area contributed by atoms with Gasteiger partial charge in [0.2, 0.25) is 0 Å². The number of piperidine rings is 2. The summed E-state index contributed by atoms with van der Waals surface area (Å²) in [5.41, 5.74) is 1.15.